The molecule has 0 aliphatic heterocycles. The summed E-state index contributed by atoms with van der Waals surface area (Å²) >= 11 is 0. The number of terminal acetylenes is 1. The van der Waals surface area contributed by atoms with Crippen LogP contribution in [0.3, 0.4) is 0 Å². The van der Waals surface area contributed by atoms with Gasteiger partial charge in [0.25, 0.3) is 5.91 Å². The van der Waals surface area contributed by atoms with Crippen LogP contribution in [0, 0.1) is 12.3 Å². The van der Waals surface area contributed by atoms with Crippen LogP contribution in [-0.4, -0.2) is 34.2 Å². The summed E-state index contributed by atoms with van der Waals surface area (Å²) in [6.07, 6.45) is 6.60. The average molecular weight is 206 g/mol. The van der Waals surface area contributed by atoms with Gasteiger partial charge in [-0.2, -0.15) is 5.10 Å². The highest BCUT2D eigenvalue weighted by Crippen LogP contribution is 2.12. The minimum absolute atomic E-state index is 0.204. The predicted molar refractivity (Wildman–Crippen MR) is 58.1 cm³/mol. The zero-order chi connectivity index (χ0) is 11.4. The summed E-state index contributed by atoms with van der Waals surface area (Å²) in [6, 6.07) is 0. The maximum atomic E-state index is 11.9. The summed E-state index contributed by atoms with van der Waals surface area (Å²) in [5, 5.41) is 3.99. The van der Waals surface area contributed by atoms with Crippen molar-refractivity contribution in [3.8, 4) is 12.3 Å². The molecule has 1 rings (SSSR count). The number of carbonyl (C=O) groups is 1. The van der Waals surface area contributed by atoms with Crippen LogP contribution in [0.2, 0.25) is 0 Å². The van der Waals surface area contributed by atoms with Gasteiger partial charge in [0, 0.05) is 13.6 Å². The Hall–Kier alpha value is -1.96. The third kappa shape index (κ3) is 2.10. The fraction of sp³-hybridized carbons (Fsp3) is 0.400. The molecule has 15 heavy (non-hydrogen) atoms. The maximum Gasteiger partial charge on any atom is 0.274 e. The Bertz CT molecular complexity index is 402. The first-order chi connectivity index (χ1) is 7.11. The summed E-state index contributed by atoms with van der Waals surface area (Å²) in [4.78, 5) is 13.3. The summed E-state index contributed by atoms with van der Waals surface area (Å²) in [5.74, 6) is 2.20. The second-order valence-electron chi connectivity index (χ2n) is 3.13. The lowest BCUT2D eigenvalue weighted by molar-refractivity contribution is 0.0801. The van der Waals surface area contributed by atoms with Crippen LogP contribution >= 0.6 is 0 Å². The minimum atomic E-state index is -0.204. The summed E-state index contributed by atoms with van der Waals surface area (Å²) in [7, 11) is 1.63. The molecule has 5 heteroatoms. The summed E-state index contributed by atoms with van der Waals surface area (Å²) in [5.41, 5.74) is 6.45. The third-order valence-corrected chi connectivity index (χ3v) is 2.05. The maximum absolute atomic E-state index is 11.9. The Morgan fingerprint density at radius 1 is 1.80 bits per heavy atom. The number of aryl methyl sites for hydroxylation is 1. The van der Waals surface area contributed by atoms with Gasteiger partial charge in [-0.15, -0.1) is 6.42 Å². The second-order valence-corrected chi connectivity index (χ2v) is 3.13. The molecular weight excluding hydrogens is 192 g/mol. The molecule has 0 radical (unpaired) electrons. The molecule has 0 bridgehead atoms. The van der Waals surface area contributed by atoms with Crippen LogP contribution in [0.1, 0.15) is 17.4 Å². The van der Waals surface area contributed by atoms with Crippen LogP contribution in [0.5, 0.6) is 0 Å². The van der Waals surface area contributed by atoms with Gasteiger partial charge in [-0.3, -0.25) is 9.48 Å². The molecule has 1 heterocycles. The number of rotatable bonds is 3. The van der Waals surface area contributed by atoms with Crippen molar-refractivity contribution < 1.29 is 4.79 Å². The van der Waals surface area contributed by atoms with Gasteiger partial charge in [0.1, 0.15) is 5.69 Å². The van der Waals surface area contributed by atoms with Gasteiger partial charge < -0.3 is 10.6 Å². The Labute approximate surface area is 88.9 Å². The monoisotopic (exact) mass is 206 g/mol. The Kier molecular flexibility index (Phi) is 3.34. The number of aromatic nitrogens is 2. The Balaban J connectivity index is 3.00. The summed E-state index contributed by atoms with van der Waals surface area (Å²) in [6.45, 7) is 2.75. The first-order valence-corrected chi connectivity index (χ1v) is 4.62. The topological polar surface area (TPSA) is 64.2 Å². The fourth-order valence-electron chi connectivity index (χ4n) is 1.26. The van der Waals surface area contributed by atoms with Gasteiger partial charge in [-0.05, 0) is 6.92 Å². The summed E-state index contributed by atoms with van der Waals surface area (Å²) < 4.78 is 1.56. The minimum Gasteiger partial charge on any atom is -0.396 e. The highest BCUT2D eigenvalue weighted by molar-refractivity contribution is 5.97. The molecule has 5 nitrogen and oxygen atoms in total. The molecule has 0 aromatic carbocycles. The van der Waals surface area contributed by atoms with E-state index < -0.39 is 0 Å². The van der Waals surface area contributed by atoms with Gasteiger partial charge in [0.2, 0.25) is 0 Å². The number of hydrogen-bond donors (Lipinski definition) is 1. The number of hydrogen-bond acceptors (Lipinski definition) is 3. The lowest BCUT2D eigenvalue weighted by Gasteiger charge is -2.14. The first-order valence-electron chi connectivity index (χ1n) is 4.62. The molecule has 1 aromatic heterocycles. The van der Waals surface area contributed by atoms with E-state index in [1.807, 2.05) is 6.92 Å². The highest BCUT2D eigenvalue weighted by Gasteiger charge is 2.19. The van der Waals surface area contributed by atoms with Crippen molar-refractivity contribution in [2.24, 2.45) is 0 Å². The van der Waals surface area contributed by atoms with Gasteiger partial charge in [-0.1, -0.05) is 5.92 Å². The van der Waals surface area contributed by atoms with Crippen molar-refractivity contribution in [2.45, 2.75) is 13.5 Å². The fourth-order valence-corrected chi connectivity index (χ4v) is 1.26. The molecule has 1 amide bonds. The van der Waals surface area contributed by atoms with Gasteiger partial charge in [0.05, 0.1) is 18.4 Å². The van der Waals surface area contributed by atoms with Gasteiger partial charge in [0.15, 0.2) is 0 Å². The van der Waals surface area contributed by atoms with Gasteiger partial charge >= 0.3 is 0 Å². The van der Waals surface area contributed by atoms with E-state index >= 15 is 0 Å². The second kappa shape index (κ2) is 4.51. The molecule has 0 fully saturated rings. The van der Waals surface area contributed by atoms with Crippen LogP contribution in [0.25, 0.3) is 0 Å². The van der Waals surface area contributed by atoms with Crippen LogP contribution in [0.4, 0.5) is 5.69 Å². The number of amides is 1. The molecule has 0 aliphatic carbocycles. The highest BCUT2D eigenvalue weighted by atomic mass is 16.2. The van der Waals surface area contributed by atoms with E-state index in [0.717, 1.165) is 0 Å². The molecule has 0 spiro atoms. The first kappa shape index (κ1) is 11.1. The molecule has 0 saturated carbocycles. The number of carbonyl (C=O) groups excluding carboxylic acids is 1. The van der Waals surface area contributed by atoms with Crippen molar-refractivity contribution in [3.63, 3.8) is 0 Å². The third-order valence-electron chi connectivity index (χ3n) is 2.05. The molecule has 80 valence electrons. The van der Waals surface area contributed by atoms with Crippen molar-refractivity contribution in [2.75, 3.05) is 19.3 Å². The van der Waals surface area contributed by atoms with Crippen LogP contribution < -0.4 is 5.73 Å². The van der Waals surface area contributed by atoms with Crippen molar-refractivity contribution in [1.82, 2.24) is 14.7 Å². The smallest absolute Gasteiger partial charge is 0.274 e. The molecule has 0 atom stereocenters. The lowest BCUT2D eigenvalue weighted by atomic mass is 10.3. The number of anilines is 1. The SMILES string of the molecule is C#CCN(C)C(=O)c1c(N)cnn1CC. The largest absolute Gasteiger partial charge is 0.396 e. The Morgan fingerprint density at radius 2 is 2.47 bits per heavy atom. The lowest BCUT2D eigenvalue weighted by Crippen LogP contribution is -2.29. The average Bonchev–Trinajstić information content (AvgIpc) is 2.58. The van der Waals surface area contributed by atoms with Gasteiger partial charge in [-0.25, -0.2) is 0 Å². The van der Waals surface area contributed by atoms with E-state index in [-0.39, 0.29) is 12.5 Å². The molecular formula is C10H14N4O. The standard InChI is InChI=1S/C10H14N4O/c1-4-6-13(3)10(15)9-8(11)7-12-14(9)5-2/h1,7H,5-6,11H2,2-3H3. The van der Waals surface area contributed by atoms with E-state index in [0.29, 0.717) is 17.9 Å². The zero-order valence-corrected chi connectivity index (χ0v) is 8.90. The van der Waals surface area contributed by atoms with E-state index in [1.54, 1.807) is 11.7 Å². The molecule has 0 aliphatic rings. The van der Waals surface area contributed by atoms with E-state index in [1.165, 1.54) is 11.1 Å². The van der Waals surface area contributed by atoms with E-state index in [9.17, 15) is 4.79 Å². The van der Waals surface area contributed by atoms with Crippen molar-refractivity contribution in [3.05, 3.63) is 11.9 Å². The van der Waals surface area contributed by atoms with E-state index in [2.05, 4.69) is 11.0 Å². The normalized spacial score (nSPS) is 9.67. The predicted octanol–water partition coefficient (Wildman–Crippen LogP) is 0.190. The van der Waals surface area contributed by atoms with E-state index in [4.69, 9.17) is 12.2 Å². The molecule has 1 aromatic rings. The molecule has 0 unspecified atom stereocenters. The van der Waals surface area contributed by atoms with Crippen LogP contribution in [0.15, 0.2) is 6.20 Å². The number of nitrogens with zero attached hydrogens (tertiary/aromatic N) is 3. The van der Waals surface area contributed by atoms with Crippen LogP contribution in [-0.2, 0) is 6.54 Å². The zero-order valence-electron chi connectivity index (χ0n) is 8.90. The Morgan fingerprint density at radius 3 is 3.00 bits per heavy atom. The molecule has 0 saturated heterocycles. The number of nitrogens with two attached hydrogens (primary N) is 1. The number of nitrogen functional groups attached to an aromatic ring is 1. The van der Waals surface area contributed by atoms with Crippen molar-refractivity contribution in [1.29, 1.82) is 0 Å². The quantitative estimate of drug-likeness (QED) is 0.718. The van der Waals surface area contributed by atoms with Crippen molar-refractivity contribution >= 4 is 11.6 Å². The molecule has 2 N–H and O–H groups in total.